The van der Waals surface area contributed by atoms with Gasteiger partial charge in [0.05, 0.1) is 0 Å². The van der Waals surface area contributed by atoms with Crippen molar-refractivity contribution >= 4 is 5.78 Å². The molecular formula is C15H34O. The maximum atomic E-state index is 9.44. The van der Waals surface area contributed by atoms with Crippen molar-refractivity contribution in [1.82, 2.24) is 0 Å². The number of ketones is 1. The van der Waals surface area contributed by atoms with Crippen LogP contribution in [-0.4, -0.2) is 5.78 Å². The van der Waals surface area contributed by atoms with Crippen molar-refractivity contribution in [3.8, 4) is 0 Å². The van der Waals surface area contributed by atoms with Gasteiger partial charge in [0, 0.05) is 0 Å². The largest absolute Gasteiger partial charge is 0.300 e. The molecule has 100 valence electrons. The molecule has 0 amide bonds. The van der Waals surface area contributed by atoms with Crippen LogP contribution in [0.2, 0.25) is 0 Å². The molecule has 0 aromatic rings. The standard InChI is InChI=1S/C10H22.C3H6O.C2H6/c1-5-8-10(4,7-3)9-6-2;1-3(2)4;1-2/h5-9H2,1-4H3;1-2H3;1-2H3. The minimum absolute atomic E-state index is 0.167. The monoisotopic (exact) mass is 230 g/mol. The minimum Gasteiger partial charge on any atom is -0.300 e. The van der Waals surface area contributed by atoms with E-state index in [1.165, 1.54) is 46.0 Å². The first-order chi connectivity index (χ1) is 7.41. The Bertz CT molecular complexity index is 128. The van der Waals surface area contributed by atoms with Crippen LogP contribution in [0.1, 0.15) is 87.5 Å². The van der Waals surface area contributed by atoms with Gasteiger partial charge in [-0.15, -0.1) is 0 Å². The van der Waals surface area contributed by atoms with Gasteiger partial charge in [0.15, 0.2) is 0 Å². The van der Waals surface area contributed by atoms with Gasteiger partial charge in [-0.25, -0.2) is 0 Å². The molecule has 0 aromatic carbocycles. The third-order valence-electron chi connectivity index (χ3n) is 2.56. The van der Waals surface area contributed by atoms with E-state index in [0.717, 1.165) is 0 Å². The lowest BCUT2D eigenvalue weighted by molar-refractivity contribution is -0.114. The lowest BCUT2D eigenvalue weighted by Gasteiger charge is -2.27. The fourth-order valence-corrected chi connectivity index (χ4v) is 1.69. The van der Waals surface area contributed by atoms with Crippen LogP contribution in [0, 0.1) is 5.41 Å². The number of hydrogen-bond donors (Lipinski definition) is 0. The van der Waals surface area contributed by atoms with Crippen molar-refractivity contribution in [2.45, 2.75) is 87.5 Å². The maximum absolute atomic E-state index is 9.44. The van der Waals surface area contributed by atoms with E-state index in [2.05, 4.69) is 27.7 Å². The molecule has 0 heterocycles. The molecule has 0 atom stereocenters. The van der Waals surface area contributed by atoms with Gasteiger partial charge >= 0.3 is 0 Å². The normalized spacial score (nSPS) is 9.50. The van der Waals surface area contributed by atoms with Gasteiger partial charge in [-0.1, -0.05) is 60.8 Å². The number of rotatable bonds is 5. The van der Waals surface area contributed by atoms with E-state index in [0.29, 0.717) is 5.41 Å². The Morgan fingerprint density at radius 2 is 1.19 bits per heavy atom. The lowest BCUT2D eigenvalue weighted by atomic mass is 9.79. The predicted octanol–water partition coefficient (Wildman–Crippen LogP) is 5.62. The van der Waals surface area contributed by atoms with Gasteiger partial charge in [0.2, 0.25) is 0 Å². The zero-order valence-electron chi connectivity index (χ0n) is 12.9. The second-order valence-corrected chi connectivity index (χ2v) is 4.57. The maximum Gasteiger partial charge on any atom is 0.126 e. The predicted molar refractivity (Wildman–Crippen MR) is 75.9 cm³/mol. The molecule has 16 heavy (non-hydrogen) atoms. The van der Waals surface area contributed by atoms with Crippen molar-refractivity contribution in [3.63, 3.8) is 0 Å². The quantitative estimate of drug-likeness (QED) is 0.598. The molecule has 0 aromatic heterocycles. The second kappa shape index (κ2) is 14.7. The van der Waals surface area contributed by atoms with E-state index in [4.69, 9.17) is 0 Å². The highest BCUT2D eigenvalue weighted by atomic mass is 16.1. The number of carbonyl (C=O) groups is 1. The Labute approximate surface area is 104 Å². The number of Topliss-reactive ketones (excluding diaryl/α,β-unsaturated/α-hetero) is 1. The van der Waals surface area contributed by atoms with Crippen molar-refractivity contribution in [2.24, 2.45) is 5.41 Å². The fourth-order valence-electron chi connectivity index (χ4n) is 1.69. The van der Waals surface area contributed by atoms with Gasteiger partial charge in [-0.05, 0) is 32.1 Å². The molecule has 0 aliphatic heterocycles. The molecule has 0 spiro atoms. The first kappa shape index (κ1) is 21.0. The zero-order chi connectivity index (χ0) is 13.6. The Morgan fingerprint density at radius 3 is 1.31 bits per heavy atom. The highest BCUT2D eigenvalue weighted by Crippen LogP contribution is 2.32. The molecular weight excluding hydrogens is 196 g/mol. The average molecular weight is 230 g/mol. The smallest absolute Gasteiger partial charge is 0.126 e. The van der Waals surface area contributed by atoms with Crippen molar-refractivity contribution < 1.29 is 4.79 Å². The van der Waals surface area contributed by atoms with Gasteiger partial charge in [-0.3, -0.25) is 0 Å². The van der Waals surface area contributed by atoms with E-state index < -0.39 is 0 Å². The van der Waals surface area contributed by atoms with Crippen LogP contribution in [0.15, 0.2) is 0 Å². The first-order valence-electron chi connectivity index (χ1n) is 6.89. The van der Waals surface area contributed by atoms with E-state index in [9.17, 15) is 4.79 Å². The fraction of sp³-hybridized carbons (Fsp3) is 0.933. The summed E-state index contributed by atoms with van der Waals surface area (Å²) in [6.45, 7) is 16.3. The summed E-state index contributed by atoms with van der Waals surface area (Å²) in [7, 11) is 0. The lowest BCUT2D eigenvalue weighted by Crippen LogP contribution is -2.13. The summed E-state index contributed by atoms with van der Waals surface area (Å²) in [4.78, 5) is 9.44. The highest BCUT2D eigenvalue weighted by molar-refractivity contribution is 5.72. The summed E-state index contributed by atoms with van der Waals surface area (Å²) in [6, 6.07) is 0. The van der Waals surface area contributed by atoms with E-state index in [-0.39, 0.29) is 5.78 Å². The Morgan fingerprint density at radius 1 is 0.938 bits per heavy atom. The summed E-state index contributed by atoms with van der Waals surface area (Å²) in [6.07, 6.45) is 6.82. The Kier molecular flexibility index (Phi) is 19.3. The SMILES string of the molecule is CC.CC(C)=O.CCCC(C)(CC)CCC. The summed E-state index contributed by atoms with van der Waals surface area (Å²) >= 11 is 0. The third-order valence-corrected chi connectivity index (χ3v) is 2.56. The summed E-state index contributed by atoms with van der Waals surface area (Å²) in [5, 5.41) is 0. The molecule has 1 heteroatoms. The molecule has 0 radical (unpaired) electrons. The Balaban J connectivity index is -0.000000237. The van der Waals surface area contributed by atoms with E-state index in [1.54, 1.807) is 0 Å². The second-order valence-electron chi connectivity index (χ2n) is 4.57. The van der Waals surface area contributed by atoms with Crippen LogP contribution in [0.3, 0.4) is 0 Å². The molecule has 0 unspecified atom stereocenters. The molecule has 0 N–H and O–H groups in total. The van der Waals surface area contributed by atoms with Crippen molar-refractivity contribution in [2.75, 3.05) is 0 Å². The molecule has 0 aliphatic carbocycles. The van der Waals surface area contributed by atoms with Crippen LogP contribution in [0.5, 0.6) is 0 Å². The molecule has 0 bridgehead atoms. The van der Waals surface area contributed by atoms with Crippen molar-refractivity contribution in [1.29, 1.82) is 0 Å². The Hall–Kier alpha value is -0.330. The van der Waals surface area contributed by atoms with Crippen molar-refractivity contribution in [3.05, 3.63) is 0 Å². The van der Waals surface area contributed by atoms with Crippen LogP contribution >= 0.6 is 0 Å². The van der Waals surface area contributed by atoms with Crippen LogP contribution in [0.25, 0.3) is 0 Å². The topological polar surface area (TPSA) is 17.1 Å². The highest BCUT2D eigenvalue weighted by Gasteiger charge is 2.18. The van der Waals surface area contributed by atoms with E-state index in [1.807, 2.05) is 13.8 Å². The minimum atomic E-state index is 0.167. The van der Waals surface area contributed by atoms with Gasteiger partial charge in [0.25, 0.3) is 0 Å². The third kappa shape index (κ3) is 19.3. The average Bonchev–Trinajstić information content (AvgIpc) is 2.21. The molecule has 1 nitrogen and oxygen atoms in total. The zero-order valence-corrected chi connectivity index (χ0v) is 12.9. The van der Waals surface area contributed by atoms with Crippen LogP contribution in [0.4, 0.5) is 0 Å². The van der Waals surface area contributed by atoms with Gasteiger partial charge in [0.1, 0.15) is 5.78 Å². The van der Waals surface area contributed by atoms with Gasteiger partial charge in [-0.2, -0.15) is 0 Å². The molecule has 0 rings (SSSR count). The van der Waals surface area contributed by atoms with E-state index >= 15 is 0 Å². The molecule has 0 saturated heterocycles. The molecule has 0 fully saturated rings. The van der Waals surface area contributed by atoms with Crippen LogP contribution < -0.4 is 0 Å². The summed E-state index contributed by atoms with van der Waals surface area (Å²) in [5.41, 5.74) is 0.642. The number of hydrogen-bond acceptors (Lipinski definition) is 1. The summed E-state index contributed by atoms with van der Waals surface area (Å²) in [5.74, 6) is 0.167. The number of carbonyl (C=O) groups excluding carboxylic acids is 1. The van der Waals surface area contributed by atoms with Crippen LogP contribution in [-0.2, 0) is 4.79 Å². The first-order valence-corrected chi connectivity index (χ1v) is 6.89. The summed E-state index contributed by atoms with van der Waals surface area (Å²) < 4.78 is 0. The molecule has 0 aliphatic rings. The van der Waals surface area contributed by atoms with Gasteiger partial charge < -0.3 is 4.79 Å². The molecule has 0 saturated carbocycles.